The van der Waals surface area contributed by atoms with Crippen molar-refractivity contribution in [3.05, 3.63) is 58.8 Å². The lowest BCUT2D eigenvalue weighted by Gasteiger charge is -2.37. The molecule has 3 aromatic rings. The highest BCUT2D eigenvalue weighted by Gasteiger charge is 2.45. The molecule has 0 bridgehead atoms. The molecule has 2 aliphatic heterocycles. The van der Waals surface area contributed by atoms with Crippen LogP contribution >= 0.6 is 11.8 Å². The number of amidine groups is 1. The van der Waals surface area contributed by atoms with Crippen molar-refractivity contribution in [3.8, 4) is 0 Å². The third kappa shape index (κ3) is 4.68. The lowest BCUT2D eigenvalue weighted by Crippen LogP contribution is -2.51. The van der Waals surface area contributed by atoms with Gasteiger partial charge in [-0.1, -0.05) is 54.9 Å². The Hall–Kier alpha value is -3.47. The summed E-state index contributed by atoms with van der Waals surface area (Å²) >= 11 is 1.58. The number of aromatic nitrogens is 4. The normalized spacial score (nSPS) is 23.0. The number of benzene rings is 1. The van der Waals surface area contributed by atoms with E-state index in [1.165, 1.54) is 12.5 Å². The first-order valence-electron chi connectivity index (χ1n) is 12.8. The van der Waals surface area contributed by atoms with E-state index in [0.29, 0.717) is 36.4 Å². The molecule has 3 unspecified atom stereocenters. The van der Waals surface area contributed by atoms with Crippen LogP contribution in [0.2, 0.25) is 0 Å². The van der Waals surface area contributed by atoms with Crippen LogP contribution in [0.1, 0.15) is 37.7 Å². The van der Waals surface area contributed by atoms with Gasteiger partial charge in [0, 0.05) is 18.7 Å². The van der Waals surface area contributed by atoms with Crippen LogP contribution in [0, 0.1) is 5.92 Å². The van der Waals surface area contributed by atoms with Crippen LogP contribution < -0.4 is 10.9 Å². The molecule has 6 rings (SSSR count). The Morgan fingerprint density at radius 3 is 2.84 bits per heavy atom. The maximum absolute atomic E-state index is 13.1. The number of hydrogen-bond donors (Lipinski definition) is 1. The molecule has 0 radical (unpaired) electrons. The minimum Gasteiger partial charge on any atom is -0.354 e. The van der Waals surface area contributed by atoms with Crippen LogP contribution in [-0.2, 0) is 22.7 Å². The summed E-state index contributed by atoms with van der Waals surface area (Å²) in [7, 11) is 0. The molecule has 1 saturated heterocycles. The lowest BCUT2D eigenvalue weighted by molar-refractivity contribution is -0.135. The van der Waals surface area contributed by atoms with E-state index in [1.54, 1.807) is 25.9 Å². The molecule has 2 fully saturated rings. The van der Waals surface area contributed by atoms with Gasteiger partial charge in [-0.05, 0) is 18.4 Å². The molecule has 4 heterocycles. The second kappa shape index (κ2) is 10.1. The number of fused-ring (bicyclic) bond motifs is 3. The number of nitrogens with zero attached hydrogens (tertiary/aromatic N) is 6. The number of hydrogen-bond acceptors (Lipinski definition) is 7. The summed E-state index contributed by atoms with van der Waals surface area (Å²) in [5.41, 5.74) is 1.37. The van der Waals surface area contributed by atoms with Gasteiger partial charge < -0.3 is 5.32 Å². The fraction of sp³-hybridized carbons (Fsp3) is 0.462. The van der Waals surface area contributed by atoms with Gasteiger partial charge in [0.25, 0.3) is 5.56 Å². The van der Waals surface area contributed by atoms with E-state index >= 15 is 0 Å². The molecule has 1 aliphatic carbocycles. The molecule has 3 aliphatic rings. The average molecular weight is 520 g/mol. The first-order chi connectivity index (χ1) is 18.1. The van der Waals surface area contributed by atoms with Gasteiger partial charge in [-0.3, -0.25) is 28.8 Å². The van der Waals surface area contributed by atoms with E-state index in [-0.39, 0.29) is 41.8 Å². The van der Waals surface area contributed by atoms with Crippen molar-refractivity contribution in [1.29, 1.82) is 0 Å². The molecule has 192 valence electrons. The molecule has 1 saturated carbocycles. The second-order valence-electron chi connectivity index (χ2n) is 9.87. The molecule has 1 N–H and O–H groups in total. The molecule has 10 nitrogen and oxygen atoms in total. The van der Waals surface area contributed by atoms with E-state index in [2.05, 4.69) is 15.4 Å². The van der Waals surface area contributed by atoms with Gasteiger partial charge >= 0.3 is 0 Å². The number of carbonyl (C=O) groups excluding carboxylic acids is 2. The fourth-order valence-corrected chi connectivity index (χ4v) is 6.71. The average Bonchev–Trinajstić information content (AvgIpc) is 3.51. The van der Waals surface area contributed by atoms with Gasteiger partial charge in [0.05, 0.1) is 37.3 Å². The van der Waals surface area contributed by atoms with Crippen molar-refractivity contribution >= 4 is 39.8 Å². The van der Waals surface area contributed by atoms with Crippen LogP contribution in [0.25, 0.3) is 11.0 Å². The first kappa shape index (κ1) is 23.9. The monoisotopic (exact) mass is 519 g/mol. The van der Waals surface area contributed by atoms with Crippen molar-refractivity contribution in [3.63, 3.8) is 0 Å². The highest BCUT2D eigenvalue weighted by Crippen LogP contribution is 2.38. The van der Waals surface area contributed by atoms with Gasteiger partial charge in [-0.25, -0.2) is 9.67 Å². The van der Waals surface area contributed by atoms with Crippen molar-refractivity contribution in [1.82, 2.24) is 29.5 Å². The summed E-state index contributed by atoms with van der Waals surface area (Å²) in [4.78, 5) is 49.9. The minimum atomic E-state index is -0.158. The van der Waals surface area contributed by atoms with Gasteiger partial charge in [0.15, 0.2) is 10.8 Å². The zero-order valence-electron chi connectivity index (χ0n) is 20.5. The SMILES string of the molecule is O=C(CC1CSC2=NC3CCCCC3C(=O)N21)NCCn1ncc2c(=O)n(Cc3ccccc3)cnc21. The number of thioether (sulfide) groups is 1. The van der Waals surface area contributed by atoms with E-state index in [4.69, 9.17) is 4.99 Å². The number of rotatable bonds is 7. The van der Waals surface area contributed by atoms with E-state index < -0.39 is 0 Å². The standard InChI is InChI=1S/C26H29N7O3S/c34-22(12-18-15-37-26-30-21-9-5-4-8-19(21)25(36)33(18)26)27-10-11-32-23-20(13-29-32)24(35)31(16-28-23)14-17-6-2-1-3-7-17/h1-3,6-7,13,16,18-19,21H,4-5,8-12,14-15H2,(H,27,34). The van der Waals surface area contributed by atoms with Crippen molar-refractivity contribution < 1.29 is 9.59 Å². The van der Waals surface area contributed by atoms with Crippen molar-refractivity contribution in [2.45, 2.75) is 57.3 Å². The van der Waals surface area contributed by atoms with Gasteiger partial charge in [-0.2, -0.15) is 5.10 Å². The van der Waals surface area contributed by atoms with Gasteiger partial charge in [-0.15, -0.1) is 0 Å². The molecule has 0 spiro atoms. The number of nitrogens with one attached hydrogen (secondary N) is 1. The third-order valence-electron chi connectivity index (χ3n) is 7.42. The second-order valence-corrected chi connectivity index (χ2v) is 10.9. The quantitative estimate of drug-likeness (QED) is 0.511. The van der Waals surface area contributed by atoms with Crippen LogP contribution in [-0.4, -0.2) is 65.6 Å². The lowest BCUT2D eigenvalue weighted by atomic mass is 9.83. The predicted molar refractivity (Wildman–Crippen MR) is 141 cm³/mol. The fourth-order valence-electron chi connectivity index (χ4n) is 5.51. The molecular formula is C26H29N7O3S. The van der Waals surface area contributed by atoms with E-state index in [0.717, 1.165) is 36.4 Å². The van der Waals surface area contributed by atoms with E-state index in [1.807, 2.05) is 30.3 Å². The Bertz CT molecular complexity index is 1420. The minimum absolute atomic E-state index is 0.0281. The zero-order chi connectivity index (χ0) is 25.4. The van der Waals surface area contributed by atoms with Crippen LogP contribution in [0.4, 0.5) is 0 Å². The highest BCUT2D eigenvalue weighted by molar-refractivity contribution is 8.14. The van der Waals surface area contributed by atoms with Gasteiger partial charge in [0.2, 0.25) is 11.8 Å². The van der Waals surface area contributed by atoms with Crippen LogP contribution in [0.3, 0.4) is 0 Å². The largest absolute Gasteiger partial charge is 0.354 e. The Balaban J connectivity index is 1.06. The number of amides is 2. The molecule has 2 aromatic heterocycles. The summed E-state index contributed by atoms with van der Waals surface area (Å²) < 4.78 is 3.21. The van der Waals surface area contributed by atoms with Gasteiger partial charge in [0.1, 0.15) is 11.7 Å². The highest BCUT2D eigenvalue weighted by atomic mass is 32.2. The number of carbonyl (C=O) groups is 2. The third-order valence-corrected chi connectivity index (χ3v) is 8.53. The summed E-state index contributed by atoms with van der Waals surface area (Å²) in [6.07, 6.45) is 7.40. The summed E-state index contributed by atoms with van der Waals surface area (Å²) in [5.74, 6) is 0.699. The summed E-state index contributed by atoms with van der Waals surface area (Å²) in [6, 6.07) is 9.71. The summed E-state index contributed by atoms with van der Waals surface area (Å²) in [5, 5.41) is 8.50. The molecule has 3 atom stereocenters. The van der Waals surface area contributed by atoms with Crippen LogP contribution in [0.5, 0.6) is 0 Å². The molecular weight excluding hydrogens is 490 g/mol. The Morgan fingerprint density at radius 1 is 1.14 bits per heavy atom. The Kier molecular flexibility index (Phi) is 6.54. The Morgan fingerprint density at radius 2 is 1.97 bits per heavy atom. The van der Waals surface area contributed by atoms with E-state index in [9.17, 15) is 14.4 Å². The Labute approximate surface area is 218 Å². The molecule has 37 heavy (non-hydrogen) atoms. The van der Waals surface area contributed by atoms with Crippen LogP contribution in [0.15, 0.2) is 52.6 Å². The first-order valence-corrected chi connectivity index (χ1v) is 13.8. The summed E-state index contributed by atoms with van der Waals surface area (Å²) in [6.45, 7) is 1.18. The maximum atomic E-state index is 13.1. The number of aliphatic imine (C=N–C) groups is 1. The topological polar surface area (TPSA) is 114 Å². The predicted octanol–water partition coefficient (Wildman–Crippen LogP) is 2.02. The molecule has 11 heteroatoms. The van der Waals surface area contributed by atoms with Crippen molar-refractivity contribution in [2.75, 3.05) is 12.3 Å². The zero-order valence-corrected chi connectivity index (χ0v) is 21.3. The van der Waals surface area contributed by atoms with Crippen molar-refractivity contribution in [2.24, 2.45) is 10.9 Å². The molecule has 2 amide bonds. The maximum Gasteiger partial charge on any atom is 0.264 e. The smallest absolute Gasteiger partial charge is 0.264 e. The molecule has 1 aromatic carbocycles.